The van der Waals surface area contributed by atoms with Crippen molar-refractivity contribution in [2.45, 2.75) is 54.7 Å². The number of sulfone groups is 1. The van der Waals surface area contributed by atoms with E-state index in [-0.39, 0.29) is 11.1 Å². The van der Waals surface area contributed by atoms with Gasteiger partial charge in [0.2, 0.25) is 5.91 Å². The molecule has 1 aromatic carbocycles. The first-order valence-corrected chi connectivity index (χ1v) is 12.1. The van der Waals surface area contributed by atoms with Gasteiger partial charge in [-0.15, -0.1) is 0 Å². The Morgan fingerprint density at radius 2 is 1.81 bits per heavy atom. The van der Waals surface area contributed by atoms with Crippen LogP contribution in [0.15, 0.2) is 29.3 Å². The van der Waals surface area contributed by atoms with Gasteiger partial charge < -0.3 is 10.0 Å². The second kappa shape index (κ2) is 8.21. The number of carbonyl (C=O) groups excluding carboxylic acids is 1. The van der Waals surface area contributed by atoms with Gasteiger partial charge in [0.25, 0.3) is 0 Å². The van der Waals surface area contributed by atoms with Crippen LogP contribution in [0.25, 0.3) is 11.1 Å². The summed E-state index contributed by atoms with van der Waals surface area (Å²) in [6.45, 7) is 0.545. The number of likely N-dealkylation sites (tertiary alicyclic amines) is 1. The fourth-order valence-electron chi connectivity index (χ4n) is 4.50. The molecule has 2 atom stereocenters. The minimum Gasteiger partial charge on any atom is -0.480 e. The second-order valence-electron chi connectivity index (χ2n) is 8.89. The van der Waals surface area contributed by atoms with Crippen LogP contribution in [0, 0.1) is 12.3 Å². The van der Waals surface area contributed by atoms with Gasteiger partial charge in [-0.2, -0.15) is 31.4 Å². The first kappa shape index (κ1) is 26.0. The minimum absolute atomic E-state index is 0.0139. The van der Waals surface area contributed by atoms with Gasteiger partial charge in [-0.3, -0.25) is 9.89 Å². The second-order valence-corrected chi connectivity index (χ2v) is 11.1. The van der Waals surface area contributed by atoms with E-state index in [9.17, 15) is 49.5 Å². The third-order valence-corrected chi connectivity index (χ3v) is 8.87. The van der Waals surface area contributed by atoms with Crippen molar-refractivity contribution in [1.29, 1.82) is 0 Å². The normalized spacial score (nSPS) is 22.0. The van der Waals surface area contributed by atoms with Crippen LogP contribution in [-0.2, 0) is 25.6 Å². The van der Waals surface area contributed by atoms with E-state index in [1.807, 2.05) is 0 Å². The third kappa shape index (κ3) is 4.12. The van der Waals surface area contributed by atoms with Crippen molar-refractivity contribution in [1.82, 2.24) is 15.1 Å². The van der Waals surface area contributed by atoms with E-state index in [0.29, 0.717) is 16.7 Å². The number of amides is 1. The Labute approximate surface area is 200 Å². The van der Waals surface area contributed by atoms with Crippen LogP contribution >= 0.6 is 0 Å². The summed E-state index contributed by atoms with van der Waals surface area (Å²) in [4.78, 5) is 23.6. The molecular formula is C21H19F6N3O5S. The topological polar surface area (TPSA) is 120 Å². The molecule has 2 N–H and O–H groups in total. The maximum Gasteiger partial charge on any atom is 0.417 e. The van der Waals surface area contributed by atoms with Crippen molar-refractivity contribution in [3.8, 4) is 11.1 Å². The number of H-pyrrole nitrogens is 1. The molecule has 1 aromatic heterocycles. The van der Waals surface area contributed by atoms with E-state index < -0.39 is 87.0 Å². The number of rotatable bonds is 5. The predicted molar refractivity (Wildman–Crippen MR) is 110 cm³/mol. The quantitative estimate of drug-likeness (QED) is 0.561. The average Bonchev–Trinajstić information content (AvgIpc) is 3.29. The Bertz CT molecular complexity index is 1330. The lowest BCUT2D eigenvalue weighted by Gasteiger charge is -2.28. The van der Waals surface area contributed by atoms with Crippen molar-refractivity contribution < 1.29 is 49.5 Å². The first-order chi connectivity index (χ1) is 16.5. The summed E-state index contributed by atoms with van der Waals surface area (Å²) < 4.78 is 109. The number of carboxylic acid groups (broad SMARTS) is 1. The molecular weight excluding hydrogens is 520 g/mol. The lowest BCUT2D eigenvalue weighted by Crippen LogP contribution is -2.48. The molecule has 1 amide bonds. The Morgan fingerprint density at radius 1 is 1.17 bits per heavy atom. The van der Waals surface area contributed by atoms with Crippen LogP contribution in [0.1, 0.15) is 30.5 Å². The SMILES string of the molecule is Cc1n[nH]cc1-c1ccc(S(=O)(=O)C2CC(C(=O)O)N(C(=O)C3(C(F)(F)F)CC3)C2)c(C(F)(F)F)c1. The standard InChI is InChI=1S/C21H19F6N3O5S/c1-10-13(8-28-29-10)11-2-3-16(14(6-11)20(22,23)24)36(34,35)12-7-15(17(31)32)30(9-12)18(33)19(4-5-19)21(25,26)27/h2-3,6,8,12,15H,4-5,7,9H2,1H3,(H,28,29)(H,31,32). The summed E-state index contributed by atoms with van der Waals surface area (Å²) in [5.41, 5.74) is -3.67. The summed E-state index contributed by atoms with van der Waals surface area (Å²) in [6.07, 6.45) is -10.8. The Balaban J connectivity index is 1.73. The molecule has 15 heteroatoms. The third-order valence-electron chi connectivity index (χ3n) is 6.68. The molecule has 0 spiro atoms. The highest BCUT2D eigenvalue weighted by molar-refractivity contribution is 7.92. The number of alkyl halides is 6. The first-order valence-electron chi connectivity index (χ1n) is 10.6. The van der Waals surface area contributed by atoms with E-state index in [4.69, 9.17) is 0 Å². The summed E-state index contributed by atoms with van der Waals surface area (Å²) in [5.74, 6) is -3.33. The van der Waals surface area contributed by atoms with Gasteiger partial charge in [-0.25, -0.2) is 13.2 Å². The molecule has 2 unspecified atom stereocenters. The molecule has 1 saturated carbocycles. The zero-order valence-electron chi connectivity index (χ0n) is 18.4. The lowest BCUT2D eigenvalue weighted by atomic mass is 10.0. The van der Waals surface area contributed by atoms with Crippen molar-refractivity contribution in [3.63, 3.8) is 0 Å². The number of carbonyl (C=O) groups is 2. The fourth-order valence-corrected chi connectivity index (χ4v) is 6.39. The highest BCUT2D eigenvalue weighted by Crippen LogP contribution is 2.59. The predicted octanol–water partition coefficient (Wildman–Crippen LogP) is 3.57. The van der Waals surface area contributed by atoms with Gasteiger partial charge in [0.1, 0.15) is 11.5 Å². The highest BCUT2D eigenvalue weighted by atomic mass is 32.2. The van der Waals surface area contributed by atoms with Gasteiger partial charge in [0.15, 0.2) is 9.84 Å². The number of aliphatic carboxylic acids is 1. The Kier molecular flexibility index (Phi) is 5.93. The number of hydrogen-bond donors (Lipinski definition) is 2. The number of halogens is 6. The highest BCUT2D eigenvalue weighted by Gasteiger charge is 2.70. The minimum atomic E-state index is -5.13. The molecule has 36 heavy (non-hydrogen) atoms. The van der Waals surface area contributed by atoms with Gasteiger partial charge in [0.05, 0.1) is 21.4 Å². The van der Waals surface area contributed by atoms with Crippen LogP contribution in [0.3, 0.4) is 0 Å². The molecule has 8 nitrogen and oxygen atoms in total. The molecule has 4 rings (SSSR count). The number of nitrogens with zero attached hydrogens (tertiary/aromatic N) is 2. The summed E-state index contributed by atoms with van der Waals surface area (Å²) in [5, 5.41) is 13.9. The van der Waals surface area contributed by atoms with Gasteiger partial charge in [0, 0.05) is 18.3 Å². The van der Waals surface area contributed by atoms with Crippen LogP contribution in [0.5, 0.6) is 0 Å². The summed E-state index contributed by atoms with van der Waals surface area (Å²) in [6, 6.07) is 0.521. The lowest BCUT2D eigenvalue weighted by molar-refractivity contribution is -0.199. The molecule has 0 radical (unpaired) electrons. The Hall–Kier alpha value is -3.10. The van der Waals surface area contributed by atoms with E-state index in [2.05, 4.69) is 10.2 Å². The molecule has 2 fully saturated rings. The molecule has 1 saturated heterocycles. The maximum atomic E-state index is 13.9. The number of carboxylic acids is 1. The van der Waals surface area contributed by atoms with Crippen molar-refractivity contribution in [3.05, 3.63) is 35.7 Å². The van der Waals surface area contributed by atoms with Crippen LogP contribution < -0.4 is 0 Å². The number of hydrogen-bond acceptors (Lipinski definition) is 5. The zero-order chi connectivity index (χ0) is 26.8. The average molecular weight is 539 g/mol. The van der Waals surface area contributed by atoms with Crippen LogP contribution in [-0.4, -0.2) is 64.5 Å². The zero-order valence-corrected chi connectivity index (χ0v) is 19.3. The summed E-state index contributed by atoms with van der Waals surface area (Å²) >= 11 is 0. The van der Waals surface area contributed by atoms with Gasteiger partial charge >= 0.3 is 18.3 Å². The van der Waals surface area contributed by atoms with E-state index in [1.54, 1.807) is 0 Å². The molecule has 1 aliphatic heterocycles. The van der Waals surface area contributed by atoms with Gasteiger partial charge in [-0.05, 0) is 43.9 Å². The van der Waals surface area contributed by atoms with Crippen LogP contribution in [0.2, 0.25) is 0 Å². The molecule has 2 heterocycles. The number of aromatic nitrogens is 2. The van der Waals surface area contributed by atoms with Crippen molar-refractivity contribution in [2.24, 2.45) is 5.41 Å². The molecule has 2 aliphatic rings. The summed E-state index contributed by atoms with van der Waals surface area (Å²) in [7, 11) is -4.92. The molecule has 196 valence electrons. The van der Waals surface area contributed by atoms with Crippen molar-refractivity contribution in [2.75, 3.05) is 6.54 Å². The largest absolute Gasteiger partial charge is 0.480 e. The van der Waals surface area contributed by atoms with Crippen LogP contribution in [0.4, 0.5) is 26.3 Å². The number of nitrogens with one attached hydrogen (secondary N) is 1. The van der Waals surface area contributed by atoms with E-state index >= 15 is 0 Å². The van der Waals surface area contributed by atoms with Crippen molar-refractivity contribution >= 4 is 21.7 Å². The number of aryl methyl sites for hydroxylation is 1. The fraction of sp³-hybridized carbons (Fsp3) is 0.476. The van der Waals surface area contributed by atoms with E-state index in [0.717, 1.165) is 12.1 Å². The molecule has 0 bridgehead atoms. The number of benzene rings is 1. The van der Waals surface area contributed by atoms with Gasteiger partial charge in [-0.1, -0.05) is 6.07 Å². The number of aromatic amines is 1. The smallest absolute Gasteiger partial charge is 0.417 e. The Morgan fingerprint density at radius 3 is 2.28 bits per heavy atom. The molecule has 1 aliphatic carbocycles. The maximum absolute atomic E-state index is 13.9. The van der Waals surface area contributed by atoms with E-state index in [1.165, 1.54) is 13.1 Å². The molecule has 2 aromatic rings. The monoisotopic (exact) mass is 539 g/mol.